The van der Waals surface area contributed by atoms with Gasteiger partial charge in [0.15, 0.2) is 0 Å². The van der Waals surface area contributed by atoms with Gasteiger partial charge < -0.3 is 0 Å². The number of benzene rings is 2. The minimum atomic E-state index is -0.567. The number of rotatable bonds is 2. The van der Waals surface area contributed by atoms with Crippen molar-refractivity contribution in [3.63, 3.8) is 0 Å². The summed E-state index contributed by atoms with van der Waals surface area (Å²) >= 11 is 0. The van der Waals surface area contributed by atoms with E-state index in [4.69, 9.17) is 0 Å². The molecule has 0 spiro atoms. The van der Waals surface area contributed by atoms with Gasteiger partial charge in [-0.3, -0.25) is 0 Å². The molecule has 2 aromatic rings. The Labute approximate surface area is 92.9 Å². The topological polar surface area (TPSA) is 0 Å². The van der Waals surface area contributed by atoms with Crippen LogP contribution in [0.25, 0.3) is 17.2 Å². The lowest BCUT2D eigenvalue weighted by Gasteiger charge is -2.03. The van der Waals surface area contributed by atoms with E-state index >= 15 is 0 Å². The fourth-order valence-electron chi connectivity index (χ4n) is 1.53. The van der Waals surface area contributed by atoms with Gasteiger partial charge in [0.25, 0.3) is 0 Å². The molecular formula is C14H10F2. The molecule has 16 heavy (non-hydrogen) atoms. The van der Waals surface area contributed by atoms with Crippen molar-refractivity contribution in [3.8, 4) is 11.1 Å². The van der Waals surface area contributed by atoms with Crippen LogP contribution in [-0.2, 0) is 0 Å². The van der Waals surface area contributed by atoms with Crippen LogP contribution in [0, 0.1) is 11.6 Å². The maximum atomic E-state index is 13.0. The molecular weight excluding hydrogens is 206 g/mol. The van der Waals surface area contributed by atoms with E-state index in [0.717, 1.165) is 17.2 Å². The molecule has 0 fully saturated rings. The highest BCUT2D eigenvalue weighted by molar-refractivity contribution is 5.65. The SMILES string of the molecule is C=Cc1ccc(-c2cc(F)cc(F)c2)cc1. The van der Waals surface area contributed by atoms with Crippen LogP contribution in [0.2, 0.25) is 0 Å². The summed E-state index contributed by atoms with van der Waals surface area (Å²) in [6.45, 7) is 3.64. The lowest BCUT2D eigenvalue weighted by molar-refractivity contribution is 0.584. The maximum absolute atomic E-state index is 13.0. The molecule has 80 valence electrons. The van der Waals surface area contributed by atoms with E-state index in [0.29, 0.717) is 5.56 Å². The van der Waals surface area contributed by atoms with Crippen molar-refractivity contribution >= 4 is 6.08 Å². The average molecular weight is 216 g/mol. The zero-order chi connectivity index (χ0) is 11.5. The molecule has 0 saturated heterocycles. The van der Waals surface area contributed by atoms with Crippen molar-refractivity contribution in [1.29, 1.82) is 0 Å². The summed E-state index contributed by atoms with van der Waals surface area (Å²) in [4.78, 5) is 0. The molecule has 0 bridgehead atoms. The standard InChI is InChI=1S/C14H10F2/c1-2-10-3-5-11(6-4-10)12-7-13(15)9-14(16)8-12/h2-9H,1H2. The van der Waals surface area contributed by atoms with Crippen LogP contribution in [0.1, 0.15) is 5.56 Å². The van der Waals surface area contributed by atoms with Gasteiger partial charge in [-0.25, -0.2) is 8.78 Å². The second kappa shape index (κ2) is 4.27. The van der Waals surface area contributed by atoms with Gasteiger partial charge in [-0.1, -0.05) is 36.9 Å². The van der Waals surface area contributed by atoms with Crippen LogP contribution in [0.3, 0.4) is 0 Å². The Morgan fingerprint density at radius 2 is 1.38 bits per heavy atom. The third-order valence-corrected chi connectivity index (χ3v) is 2.34. The lowest BCUT2D eigenvalue weighted by Crippen LogP contribution is -1.84. The van der Waals surface area contributed by atoms with Crippen LogP contribution in [-0.4, -0.2) is 0 Å². The van der Waals surface area contributed by atoms with Gasteiger partial charge >= 0.3 is 0 Å². The van der Waals surface area contributed by atoms with E-state index < -0.39 is 11.6 Å². The smallest absolute Gasteiger partial charge is 0.126 e. The second-order valence-corrected chi connectivity index (χ2v) is 3.48. The molecule has 2 heteroatoms. The fourth-order valence-corrected chi connectivity index (χ4v) is 1.53. The van der Waals surface area contributed by atoms with Crippen LogP contribution in [0.4, 0.5) is 8.78 Å². The number of hydrogen-bond donors (Lipinski definition) is 0. The van der Waals surface area contributed by atoms with Gasteiger partial charge in [0.1, 0.15) is 11.6 Å². The molecule has 0 nitrogen and oxygen atoms in total. The van der Waals surface area contributed by atoms with Crippen molar-refractivity contribution < 1.29 is 8.78 Å². The molecule has 0 N–H and O–H groups in total. The Balaban J connectivity index is 2.45. The molecule has 0 heterocycles. The predicted octanol–water partition coefficient (Wildman–Crippen LogP) is 4.27. The first kappa shape index (κ1) is 10.6. The van der Waals surface area contributed by atoms with Crippen LogP contribution < -0.4 is 0 Å². The van der Waals surface area contributed by atoms with E-state index in [1.807, 2.05) is 24.3 Å². The molecule has 0 saturated carbocycles. The van der Waals surface area contributed by atoms with Gasteiger partial charge in [0, 0.05) is 6.07 Å². The van der Waals surface area contributed by atoms with Crippen LogP contribution >= 0.6 is 0 Å². The third-order valence-electron chi connectivity index (χ3n) is 2.34. The van der Waals surface area contributed by atoms with Crippen molar-refractivity contribution in [3.05, 3.63) is 66.2 Å². The Hall–Kier alpha value is -1.96. The minimum absolute atomic E-state index is 0.535. The third kappa shape index (κ3) is 2.16. The van der Waals surface area contributed by atoms with E-state index in [1.54, 1.807) is 6.08 Å². The summed E-state index contributed by atoms with van der Waals surface area (Å²) in [5.41, 5.74) is 2.29. The molecule has 0 aliphatic heterocycles. The fraction of sp³-hybridized carbons (Fsp3) is 0. The molecule has 0 atom stereocenters. The molecule has 2 rings (SSSR count). The quantitative estimate of drug-likeness (QED) is 0.703. The van der Waals surface area contributed by atoms with Gasteiger partial charge in [0.2, 0.25) is 0 Å². The molecule has 0 aliphatic carbocycles. The number of hydrogen-bond acceptors (Lipinski definition) is 0. The largest absolute Gasteiger partial charge is 0.207 e. The summed E-state index contributed by atoms with van der Waals surface area (Å²) in [5, 5.41) is 0. The Morgan fingerprint density at radius 3 is 1.88 bits per heavy atom. The Bertz CT molecular complexity index is 493. The maximum Gasteiger partial charge on any atom is 0.126 e. The predicted molar refractivity (Wildman–Crippen MR) is 61.9 cm³/mol. The van der Waals surface area contributed by atoms with Crippen molar-refractivity contribution in [1.82, 2.24) is 0 Å². The summed E-state index contributed by atoms with van der Waals surface area (Å²) in [7, 11) is 0. The van der Waals surface area contributed by atoms with Crippen molar-refractivity contribution in [2.24, 2.45) is 0 Å². The number of halogens is 2. The molecule has 0 amide bonds. The second-order valence-electron chi connectivity index (χ2n) is 3.48. The molecule has 0 aliphatic rings. The zero-order valence-corrected chi connectivity index (χ0v) is 8.58. The highest BCUT2D eigenvalue weighted by Gasteiger charge is 2.02. The zero-order valence-electron chi connectivity index (χ0n) is 8.58. The first-order valence-corrected chi connectivity index (χ1v) is 4.88. The van der Waals surface area contributed by atoms with Crippen molar-refractivity contribution in [2.45, 2.75) is 0 Å². The Morgan fingerprint density at radius 1 is 0.812 bits per heavy atom. The molecule has 0 unspecified atom stereocenters. The Kier molecular flexibility index (Phi) is 2.82. The highest BCUT2D eigenvalue weighted by atomic mass is 19.1. The van der Waals surface area contributed by atoms with E-state index in [2.05, 4.69) is 6.58 Å². The van der Waals surface area contributed by atoms with Crippen LogP contribution in [0.15, 0.2) is 49.0 Å². The summed E-state index contributed by atoms with van der Waals surface area (Å²) < 4.78 is 26.0. The molecule has 0 radical (unpaired) electrons. The van der Waals surface area contributed by atoms with E-state index in [1.165, 1.54) is 12.1 Å². The highest BCUT2D eigenvalue weighted by Crippen LogP contribution is 2.22. The van der Waals surface area contributed by atoms with E-state index in [-0.39, 0.29) is 0 Å². The van der Waals surface area contributed by atoms with Gasteiger partial charge in [-0.05, 0) is 28.8 Å². The summed E-state index contributed by atoms with van der Waals surface area (Å²) in [6.07, 6.45) is 1.72. The van der Waals surface area contributed by atoms with Crippen molar-refractivity contribution in [2.75, 3.05) is 0 Å². The molecule has 0 aromatic heterocycles. The molecule has 2 aromatic carbocycles. The first-order valence-electron chi connectivity index (χ1n) is 4.88. The average Bonchev–Trinajstić information content (AvgIpc) is 2.28. The summed E-state index contributed by atoms with van der Waals surface area (Å²) in [5.74, 6) is -1.13. The summed E-state index contributed by atoms with van der Waals surface area (Å²) in [6, 6.07) is 10.8. The van der Waals surface area contributed by atoms with Gasteiger partial charge in [-0.15, -0.1) is 0 Å². The first-order chi connectivity index (χ1) is 7.69. The van der Waals surface area contributed by atoms with Crippen LogP contribution in [0.5, 0.6) is 0 Å². The minimum Gasteiger partial charge on any atom is -0.207 e. The lowest BCUT2D eigenvalue weighted by atomic mass is 10.0. The normalized spacial score (nSPS) is 10.1. The van der Waals surface area contributed by atoms with E-state index in [9.17, 15) is 8.78 Å². The van der Waals surface area contributed by atoms with Gasteiger partial charge in [0.05, 0.1) is 0 Å². The van der Waals surface area contributed by atoms with Gasteiger partial charge in [-0.2, -0.15) is 0 Å². The monoisotopic (exact) mass is 216 g/mol.